The average Bonchev–Trinajstić information content (AvgIpc) is 2.41. The van der Waals surface area contributed by atoms with E-state index in [4.69, 9.17) is 5.73 Å². The number of aromatic nitrogens is 2. The maximum atomic E-state index is 5.97. The van der Waals surface area contributed by atoms with Crippen LogP contribution in [0.3, 0.4) is 0 Å². The normalized spacial score (nSPS) is 11.0. The highest BCUT2D eigenvalue weighted by Crippen LogP contribution is 2.22. The van der Waals surface area contributed by atoms with Crippen LogP contribution >= 0.6 is 0 Å². The lowest BCUT2D eigenvalue weighted by Gasteiger charge is -2.11. The second-order valence-corrected chi connectivity index (χ2v) is 4.35. The first-order valence-electron chi connectivity index (χ1n) is 5.63. The van der Waals surface area contributed by atoms with E-state index in [0.717, 1.165) is 36.7 Å². The Morgan fingerprint density at radius 1 is 1.47 bits per heavy atom. The van der Waals surface area contributed by atoms with Crippen molar-refractivity contribution in [3.8, 4) is 0 Å². The zero-order valence-corrected chi connectivity index (χ0v) is 10.2. The smallest absolute Gasteiger partial charge is 0.148 e. The molecule has 1 aromatic rings. The van der Waals surface area contributed by atoms with Crippen molar-refractivity contribution in [2.45, 2.75) is 40.7 Å². The van der Waals surface area contributed by atoms with E-state index in [1.54, 1.807) is 0 Å². The third-order valence-corrected chi connectivity index (χ3v) is 2.29. The lowest BCUT2D eigenvalue weighted by atomic mass is 10.2. The highest BCUT2D eigenvalue weighted by molar-refractivity contribution is 5.64. The molecule has 0 fully saturated rings. The van der Waals surface area contributed by atoms with E-state index in [-0.39, 0.29) is 0 Å². The third-order valence-electron chi connectivity index (χ3n) is 2.29. The van der Waals surface area contributed by atoms with Crippen LogP contribution in [-0.2, 0) is 6.54 Å². The summed E-state index contributed by atoms with van der Waals surface area (Å²) in [6.07, 6.45) is 1.07. The molecular weight excluding hydrogens is 188 g/mol. The summed E-state index contributed by atoms with van der Waals surface area (Å²) in [5.74, 6) is 1.58. The fraction of sp³-hybridized carbons (Fsp3) is 0.727. The summed E-state index contributed by atoms with van der Waals surface area (Å²) < 4.78 is 1.97. The van der Waals surface area contributed by atoms with E-state index < -0.39 is 0 Å². The van der Waals surface area contributed by atoms with E-state index in [0.29, 0.717) is 5.92 Å². The van der Waals surface area contributed by atoms with Gasteiger partial charge in [0.2, 0.25) is 0 Å². The van der Waals surface area contributed by atoms with Gasteiger partial charge in [0.15, 0.2) is 0 Å². The Hall–Kier alpha value is -1.19. The van der Waals surface area contributed by atoms with Crippen molar-refractivity contribution in [1.29, 1.82) is 0 Å². The zero-order valence-electron chi connectivity index (χ0n) is 10.2. The summed E-state index contributed by atoms with van der Waals surface area (Å²) in [5, 5.41) is 7.77. The number of nitrogen functional groups attached to an aromatic ring is 1. The molecular formula is C11H22N4. The second kappa shape index (κ2) is 5.05. The lowest BCUT2D eigenvalue weighted by molar-refractivity contribution is 0.596. The maximum absolute atomic E-state index is 5.97. The van der Waals surface area contributed by atoms with Crippen molar-refractivity contribution in [1.82, 2.24) is 9.78 Å². The minimum Gasteiger partial charge on any atom is -0.394 e. The van der Waals surface area contributed by atoms with E-state index in [2.05, 4.69) is 31.2 Å². The minimum atomic E-state index is 0.606. The van der Waals surface area contributed by atoms with Crippen molar-refractivity contribution in [3.63, 3.8) is 0 Å². The molecule has 3 N–H and O–H groups in total. The molecule has 0 saturated carbocycles. The Morgan fingerprint density at radius 3 is 2.67 bits per heavy atom. The summed E-state index contributed by atoms with van der Waals surface area (Å²) in [5.41, 5.74) is 7.67. The van der Waals surface area contributed by atoms with Gasteiger partial charge in [-0.15, -0.1) is 0 Å². The molecule has 0 aliphatic heterocycles. The molecule has 4 heteroatoms. The fourth-order valence-corrected chi connectivity index (χ4v) is 1.46. The van der Waals surface area contributed by atoms with Crippen LogP contribution in [0.4, 0.5) is 11.5 Å². The standard InChI is InChI=1S/C11H22N4/c1-5-6-15-11(13-7-8(2)3)10(12)9(4)14-15/h8,13H,5-7,12H2,1-4H3. The van der Waals surface area contributed by atoms with E-state index in [1.807, 2.05) is 11.6 Å². The molecule has 0 amide bonds. The molecule has 0 aliphatic carbocycles. The van der Waals surface area contributed by atoms with Crippen molar-refractivity contribution >= 4 is 11.5 Å². The largest absolute Gasteiger partial charge is 0.394 e. The molecule has 0 radical (unpaired) electrons. The lowest BCUT2D eigenvalue weighted by Crippen LogP contribution is -2.13. The summed E-state index contributed by atoms with van der Waals surface area (Å²) in [6.45, 7) is 10.3. The van der Waals surface area contributed by atoms with Crippen molar-refractivity contribution in [2.75, 3.05) is 17.6 Å². The van der Waals surface area contributed by atoms with Gasteiger partial charge < -0.3 is 11.1 Å². The molecule has 1 aromatic heterocycles. The maximum Gasteiger partial charge on any atom is 0.148 e. The SMILES string of the molecule is CCCn1nc(C)c(N)c1NCC(C)C. The molecule has 0 unspecified atom stereocenters. The van der Waals surface area contributed by atoms with Crippen LogP contribution in [0.5, 0.6) is 0 Å². The van der Waals surface area contributed by atoms with Gasteiger partial charge in [0.05, 0.1) is 11.4 Å². The zero-order chi connectivity index (χ0) is 11.4. The predicted octanol–water partition coefficient (Wildman–Crippen LogP) is 2.25. The summed E-state index contributed by atoms with van der Waals surface area (Å²) >= 11 is 0. The first-order valence-corrected chi connectivity index (χ1v) is 5.63. The number of hydrogen-bond acceptors (Lipinski definition) is 3. The number of aryl methyl sites for hydroxylation is 2. The summed E-state index contributed by atoms with van der Waals surface area (Å²) in [4.78, 5) is 0. The predicted molar refractivity (Wildman–Crippen MR) is 65.0 cm³/mol. The molecule has 4 nitrogen and oxygen atoms in total. The molecule has 0 aliphatic rings. The van der Waals surface area contributed by atoms with Gasteiger partial charge in [0.25, 0.3) is 0 Å². The first-order chi connectivity index (χ1) is 7.06. The van der Waals surface area contributed by atoms with Gasteiger partial charge >= 0.3 is 0 Å². The van der Waals surface area contributed by atoms with E-state index in [9.17, 15) is 0 Å². The van der Waals surface area contributed by atoms with Crippen LogP contribution in [0, 0.1) is 12.8 Å². The molecule has 0 saturated heterocycles. The van der Waals surface area contributed by atoms with Crippen LogP contribution in [0.1, 0.15) is 32.9 Å². The van der Waals surface area contributed by atoms with Gasteiger partial charge in [-0.3, -0.25) is 0 Å². The highest BCUT2D eigenvalue weighted by atomic mass is 15.3. The molecule has 0 aromatic carbocycles. The quantitative estimate of drug-likeness (QED) is 0.783. The Labute approximate surface area is 91.8 Å². The molecule has 86 valence electrons. The number of nitrogens with two attached hydrogens (primary N) is 1. The van der Waals surface area contributed by atoms with Crippen molar-refractivity contribution in [2.24, 2.45) is 5.92 Å². The molecule has 1 rings (SSSR count). The topological polar surface area (TPSA) is 55.9 Å². The second-order valence-electron chi connectivity index (χ2n) is 4.35. The van der Waals surface area contributed by atoms with Crippen molar-refractivity contribution < 1.29 is 0 Å². The van der Waals surface area contributed by atoms with Crippen molar-refractivity contribution in [3.05, 3.63) is 5.69 Å². The molecule has 0 atom stereocenters. The molecule has 0 bridgehead atoms. The Bertz CT molecular complexity index is 315. The summed E-state index contributed by atoms with van der Waals surface area (Å²) in [6, 6.07) is 0. The van der Waals surface area contributed by atoms with E-state index >= 15 is 0 Å². The third kappa shape index (κ3) is 2.88. The van der Waals surface area contributed by atoms with Crippen LogP contribution < -0.4 is 11.1 Å². The number of hydrogen-bond donors (Lipinski definition) is 2. The number of nitrogens with zero attached hydrogens (tertiary/aromatic N) is 2. The van der Waals surface area contributed by atoms with Gasteiger partial charge in [-0.05, 0) is 19.3 Å². The molecule has 15 heavy (non-hydrogen) atoms. The monoisotopic (exact) mass is 210 g/mol. The van der Waals surface area contributed by atoms with Crippen LogP contribution in [0.15, 0.2) is 0 Å². The van der Waals surface area contributed by atoms with Crippen LogP contribution in [-0.4, -0.2) is 16.3 Å². The number of anilines is 2. The number of rotatable bonds is 5. The highest BCUT2D eigenvalue weighted by Gasteiger charge is 2.11. The van der Waals surface area contributed by atoms with Gasteiger partial charge in [-0.25, -0.2) is 4.68 Å². The summed E-state index contributed by atoms with van der Waals surface area (Å²) in [7, 11) is 0. The Balaban J connectivity index is 2.82. The Morgan fingerprint density at radius 2 is 2.13 bits per heavy atom. The first kappa shape index (κ1) is 11.9. The van der Waals surface area contributed by atoms with Gasteiger partial charge in [0, 0.05) is 13.1 Å². The van der Waals surface area contributed by atoms with Gasteiger partial charge in [-0.2, -0.15) is 5.10 Å². The Kier molecular flexibility index (Phi) is 4.00. The molecule has 0 spiro atoms. The fourth-order valence-electron chi connectivity index (χ4n) is 1.46. The average molecular weight is 210 g/mol. The van der Waals surface area contributed by atoms with Crippen LogP contribution in [0.2, 0.25) is 0 Å². The van der Waals surface area contributed by atoms with Gasteiger partial charge in [-0.1, -0.05) is 20.8 Å². The van der Waals surface area contributed by atoms with E-state index in [1.165, 1.54) is 0 Å². The number of nitrogens with one attached hydrogen (secondary N) is 1. The van der Waals surface area contributed by atoms with Gasteiger partial charge in [0.1, 0.15) is 5.82 Å². The molecule has 1 heterocycles. The van der Waals surface area contributed by atoms with Crippen LogP contribution in [0.25, 0.3) is 0 Å². The minimum absolute atomic E-state index is 0.606.